The van der Waals surface area contributed by atoms with Crippen LogP contribution in [0.2, 0.25) is 0 Å². The Morgan fingerprint density at radius 2 is 2.00 bits per heavy atom. The molecule has 12 heteroatoms. The third-order valence-corrected chi connectivity index (χ3v) is 4.48. The average Bonchev–Trinajstić information content (AvgIpc) is 3.16. The van der Waals surface area contributed by atoms with Gasteiger partial charge in [-0.05, 0) is 19.1 Å². The van der Waals surface area contributed by atoms with Gasteiger partial charge in [0.2, 0.25) is 16.0 Å². The van der Waals surface area contributed by atoms with Crippen LogP contribution in [0.1, 0.15) is 10.6 Å². The van der Waals surface area contributed by atoms with Gasteiger partial charge < -0.3 is 0 Å². The van der Waals surface area contributed by atoms with Gasteiger partial charge in [0.1, 0.15) is 6.54 Å². The van der Waals surface area contributed by atoms with Gasteiger partial charge in [-0.2, -0.15) is 18.3 Å². The van der Waals surface area contributed by atoms with Crippen LogP contribution in [0.5, 0.6) is 0 Å². The molecule has 7 nitrogen and oxygen atoms in total. The van der Waals surface area contributed by atoms with E-state index in [1.807, 2.05) is 31.2 Å². The van der Waals surface area contributed by atoms with Crippen molar-refractivity contribution in [3.05, 3.63) is 39.6 Å². The molecule has 2 N–H and O–H groups in total. The SMILES string of the molecule is Cc1ccc(-c2n[nH]c(=S)n2CC(=O)Nc2nnc(C(F)(F)F)s2)cc1. The minimum absolute atomic E-state index is 0.212. The van der Waals surface area contributed by atoms with Crippen LogP contribution in [-0.2, 0) is 17.5 Å². The molecule has 3 rings (SSSR count). The van der Waals surface area contributed by atoms with E-state index >= 15 is 0 Å². The van der Waals surface area contributed by atoms with Gasteiger partial charge in [-0.15, -0.1) is 10.2 Å². The first-order chi connectivity index (χ1) is 12.2. The second-order valence-corrected chi connectivity index (χ2v) is 6.63. The van der Waals surface area contributed by atoms with Crippen molar-refractivity contribution in [3.63, 3.8) is 0 Å². The van der Waals surface area contributed by atoms with E-state index in [1.165, 1.54) is 4.57 Å². The summed E-state index contributed by atoms with van der Waals surface area (Å²) in [5, 5.41) is 14.0. The number of rotatable bonds is 4. The van der Waals surface area contributed by atoms with E-state index in [0.717, 1.165) is 11.1 Å². The van der Waals surface area contributed by atoms with Crippen LogP contribution in [0.4, 0.5) is 18.3 Å². The fourth-order valence-corrected chi connectivity index (χ4v) is 2.90. The standard InChI is InChI=1S/C14H11F3N6OS2/c1-7-2-4-8(5-3-7)10-19-22-13(25)23(10)6-9(24)18-12-21-20-11(26-12)14(15,16)17/h2-5H,6H2,1H3,(H,22,25)(H,18,21,24). The molecule has 0 radical (unpaired) electrons. The molecule has 0 bridgehead atoms. The summed E-state index contributed by atoms with van der Waals surface area (Å²) in [7, 11) is 0. The summed E-state index contributed by atoms with van der Waals surface area (Å²) >= 11 is 5.37. The molecule has 0 saturated heterocycles. The molecule has 2 heterocycles. The zero-order valence-electron chi connectivity index (χ0n) is 13.2. The number of nitrogens with zero attached hydrogens (tertiary/aromatic N) is 4. The van der Waals surface area contributed by atoms with Gasteiger partial charge in [0.05, 0.1) is 0 Å². The molecular weight excluding hydrogens is 389 g/mol. The fourth-order valence-electron chi connectivity index (χ4n) is 2.08. The number of aromatic nitrogens is 5. The number of halogens is 3. The van der Waals surface area contributed by atoms with Crippen LogP contribution in [0.3, 0.4) is 0 Å². The Morgan fingerprint density at radius 3 is 2.62 bits per heavy atom. The summed E-state index contributed by atoms with van der Waals surface area (Å²) in [5.74, 6) is -0.154. The molecule has 3 aromatic rings. The molecule has 136 valence electrons. The maximum atomic E-state index is 12.5. The van der Waals surface area contributed by atoms with Crippen molar-refractivity contribution in [2.45, 2.75) is 19.6 Å². The number of alkyl halides is 3. The van der Waals surface area contributed by atoms with Crippen LogP contribution in [0.25, 0.3) is 11.4 Å². The van der Waals surface area contributed by atoms with E-state index in [1.54, 1.807) is 0 Å². The van der Waals surface area contributed by atoms with Gasteiger partial charge in [0.15, 0.2) is 10.6 Å². The predicted molar refractivity (Wildman–Crippen MR) is 91.1 cm³/mol. The largest absolute Gasteiger partial charge is 0.445 e. The number of aryl methyl sites for hydroxylation is 1. The van der Waals surface area contributed by atoms with Gasteiger partial charge in [-0.3, -0.25) is 19.8 Å². The van der Waals surface area contributed by atoms with E-state index in [2.05, 4.69) is 25.7 Å². The normalized spacial score (nSPS) is 11.5. The van der Waals surface area contributed by atoms with Crippen LogP contribution in [0.15, 0.2) is 24.3 Å². The molecule has 1 aromatic carbocycles. The van der Waals surface area contributed by atoms with Crippen LogP contribution in [0, 0.1) is 11.7 Å². The van der Waals surface area contributed by atoms with Crippen LogP contribution >= 0.6 is 23.6 Å². The van der Waals surface area contributed by atoms with Gasteiger partial charge in [0, 0.05) is 5.56 Å². The molecule has 0 aliphatic rings. The Labute approximate surface area is 153 Å². The number of hydrogen-bond donors (Lipinski definition) is 2. The van der Waals surface area contributed by atoms with Gasteiger partial charge in [0.25, 0.3) is 0 Å². The summed E-state index contributed by atoms with van der Waals surface area (Å²) in [6.45, 7) is 1.70. The molecule has 0 aliphatic carbocycles. The minimum atomic E-state index is -4.60. The van der Waals surface area contributed by atoms with Gasteiger partial charge in [-0.1, -0.05) is 41.2 Å². The lowest BCUT2D eigenvalue weighted by molar-refractivity contribution is -0.138. The minimum Gasteiger partial charge on any atom is -0.299 e. The van der Waals surface area contributed by atoms with Crippen molar-refractivity contribution in [1.29, 1.82) is 0 Å². The second-order valence-electron chi connectivity index (χ2n) is 5.26. The summed E-state index contributed by atoms with van der Waals surface area (Å²) in [5.41, 5.74) is 1.80. The molecule has 0 aliphatic heterocycles. The molecule has 0 unspecified atom stereocenters. The van der Waals surface area contributed by atoms with Crippen molar-refractivity contribution in [1.82, 2.24) is 25.0 Å². The molecule has 0 fully saturated rings. The summed E-state index contributed by atoms with van der Waals surface area (Å²) < 4.78 is 39.2. The molecular formula is C14H11F3N6OS2. The highest BCUT2D eigenvalue weighted by molar-refractivity contribution is 7.71. The maximum Gasteiger partial charge on any atom is 0.445 e. The second kappa shape index (κ2) is 6.96. The Bertz CT molecular complexity index is 989. The van der Waals surface area contributed by atoms with Crippen molar-refractivity contribution in [2.75, 3.05) is 5.32 Å². The lowest BCUT2D eigenvalue weighted by Crippen LogP contribution is -2.19. The van der Waals surface area contributed by atoms with Crippen LogP contribution < -0.4 is 5.32 Å². The lowest BCUT2D eigenvalue weighted by atomic mass is 10.1. The molecule has 0 spiro atoms. The first-order valence-corrected chi connectivity index (χ1v) is 8.39. The van der Waals surface area contributed by atoms with Crippen molar-refractivity contribution < 1.29 is 18.0 Å². The topological polar surface area (TPSA) is 88.5 Å². The number of carbonyl (C=O) groups excluding carboxylic acids is 1. The zero-order chi connectivity index (χ0) is 18.9. The van der Waals surface area contributed by atoms with E-state index in [4.69, 9.17) is 12.2 Å². The van der Waals surface area contributed by atoms with Gasteiger partial charge >= 0.3 is 6.18 Å². The third kappa shape index (κ3) is 3.96. The smallest absolute Gasteiger partial charge is 0.299 e. The van der Waals surface area contributed by atoms with Crippen molar-refractivity contribution in [3.8, 4) is 11.4 Å². The number of amides is 1. The highest BCUT2D eigenvalue weighted by Gasteiger charge is 2.35. The number of H-pyrrole nitrogens is 1. The van der Waals surface area contributed by atoms with Crippen LogP contribution in [-0.4, -0.2) is 30.9 Å². The van der Waals surface area contributed by atoms with E-state index in [0.29, 0.717) is 5.82 Å². The monoisotopic (exact) mass is 400 g/mol. The quantitative estimate of drug-likeness (QED) is 0.655. The number of carbonyl (C=O) groups is 1. The molecule has 26 heavy (non-hydrogen) atoms. The predicted octanol–water partition coefficient (Wildman–Crippen LogP) is 3.43. The maximum absolute atomic E-state index is 12.5. The first kappa shape index (κ1) is 18.2. The summed E-state index contributed by atoms with van der Waals surface area (Å²) in [4.78, 5) is 12.2. The first-order valence-electron chi connectivity index (χ1n) is 7.17. The Hall–Kier alpha value is -2.60. The number of aromatic amines is 1. The highest BCUT2D eigenvalue weighted by atomic mass is 32.1. The van der Waals surface area contributed by atoms with E-state index in [9.17, 15) is 18.0 Å². The molecule has 1 amide bonds. The molecule has 0 atom stereocenters. The Morgan fingerprint density at radius 1 is 1.31 bits per heavy atom. The molecule has 2 aromatic heterocycles. The average molecular weight is 400 g/mol. The highest BCUT2D eigenvalue weighted by Crippen LogP contribution is 2.33. The Kier molecular flexibility index (Phi) is 4.87. The molecule has 0 saturated carbocycles. The third-order valence-electron chi connectivity index (χ3n) is 3.28. The lowest BCUT2D eigenvalue weighted by Gasteiger charge is -2.07. The van der Waals surface area contributed by atoms with E-state index < -0.39 is 17.1 Å². The van der Waals surface area contributed by atoms with E-state index in [-0.39, 0.29) is 27.8 Å². The van der Waals surface area contributed by atoms with Gasteiger partial charge in [-0.25, -0.2) is 0 Å². The Balaban J connectivity index is 1.78. The number of hydrogen-bond acceptors (Lipinski definition) is 6. The number of nitrogens with one attached hydrogen (secondary N) is 2. The summed E-state index contributed by atoms with van der Waals surface area (Å²) in [6, 6.07) is 7.43. The number of anilines is 1. The summed E-state index contributed by atoms with van der Waals surface area (Å²) in [6.07, 6.45) is -4.60. The zero-order valence-corrected chi connectivity index (χ0v) is 14.8. The van der Waals surface area contributed by atoms with Crippen molar-refractivity contribution in [2.24, 2.45) is 0 Å². The van der Waals surface area contributed by atoms with Crippen molar-refractivity contribution >= 4 is 34.6 Å². The fraction of sp³-hybridized carbons (Fsp3) is 0.214. The number of benzene rings is 1.